The number of methoxy groups -OCH3 is 1. The summed E-state index contributed by atoms with van der Waals surface area (Å²) in [5, 5.41) is 12.7. The van der Waals surface area contributed by atoms with Crippen LogP contribution in [0.4, 0.5) is 4.39 Å². The minimum Gasteiger partial charge on any atom is -0.493 e. The first-order chi connectivity index (χ1) is 13.8. The fourth-order valence-electron chi connectivity index (χ4n) is 2.56. The van der Waals surface area contributed by atoms with Crippen LogP contribution in [0.1, 0.15) is 17.5 Å². The molecule has 0 radical (unpaired) electrons. The van der Waals surface area contributed by atoms with Crippen molar-refractivity contribution >= 4 is 45.3 Å². The Morgan fingerprint density at radius 2 is 2.07 bits per heavy atom. The average molecular weight is 507 g/mol. The quantitative estimate of drug-likeness (QED) is 0.441. The number of rotatable bonds is 11. The van der Waals surface area contributed by atoms with Crippen LogP contribution < -0.4 is 14.8 Å². The topological polar surface area (TPSA) is 67.8 Å². The molecule has 2 aromatic carbocycles. The molecule has 1 unspecified atom stereocenters. The number of carbonyl (C=O) groups is 1. The van der Waals surface area contributed by atoms with E-state index < -0.39 is 17.8 Å². The van der Waals surface area contributed by atoms with Gasteiger partial charge in [-0.1, -0.05) is 33.6 Å². The minimum absolute atomic E-state index is 0.148. The van der Waals surface area contributed by atoms with Gasteiger partial charge in [0.25, 0.3) is 0 Å². The molecule has 1 atom stereocenters. The highest BCUT2D eigenvalue weighted by Gasteiger charge is 2.18. The molecule has 29 heavy (non-hydrogen) atoms. The third kappa shape index (κ3) is 7.06. The predicted octanol–water partition coefficient (Wildman–Crippen LogP) is 5.13. The van der Waals surface area contributed by atoms with Gasteiger partial charge in [0.15, 0.2) is 11.5 Å². The molecule has 5 nitrogen and oxygen atoms in total. The lowest BCUT2D eigenvalue weighted by Crippen LogP contribution is -2.36. The average Bonchev–Trinajstić information content (AvgIpc) is 2.68. The molecular formula is C20H22BrClFNO4S. The largest absolute Gasteiger partial charge is 0.493 e. The maximum Gasteiger partial charge on any atom is 0.320 e. The van der Waals surface area contributed by atoms with E-state index in [1.54, 1.807) is 30.0 Å². The number of aliphatic carboxylic acids is 1. The van der Waals surface area contributed by atoms with E-state index in [2.05, 4.69) is 21.2 Å². The number of hydrogen-bond acceptors (Lipinski definition) is 5. The Bertz CT molecular complexity index is 855. The summed E-state index contributed by atoms with van der Waals surface area (Å²) >= 11 is 11.1. The molecule has 0 aliphatic carbocycles. The van der Waals surface area contributed by atoms with E-state index in [1.165, 1.54) is 19.2 Å². The second-order valence-corrected chi connectivity index (χ2v) is 8.42. The van der Waals surface area contributed by atoms with Gasteiger partial charge < -0.3 is 19.9 Å². The van der Waals surface area contributed by atoms with Crippen molar-refractivity contribution < 1.29 is 23.8 Å². The van der Waals surface area contributed by atoms with Gasteiger partial charge in [-0.25, -0.2) is 4.39 Å². The summed E-state index contributed by atoms with van der Waals surface area (Å²) in [4.78, 5) is 11.4. The molecule has 0 aliphatic heterocycles. The van der Waals surface area contributed by atoms with Gasteiger partial charge in [-0.05, 0) is 48.3 Å². The van der Waals surface area contributed by atoms with Crippen molar-refractivity contribution in [2.75, 3.05) is 19.1 Å². The van der Waals surface area contributed by atoms with E-state index in [0.717, 1.165) is 15.8 Å². The number of ether oxygens (including phenoxy) is 2. The Balaban J connectivity index is 2.10. The second-order valence-electron chi connectivity index (χ2n) is 6.17. The van der Waals surface area contributed by atoms with Gasteiger partial charge >= 0.3 is 5.97 Å². The Morgan fingerprint density at radius 1 is 1.31 bits per heavy atom. The molecule has 0 saturated heterocycles. The van der Waals surface area contributed by atoms with Gasteiger partial charge in [-0.2, -0.15) is 11.8 Å². The second kappa shape index (κ2) is 11.6. The van der Waals surface area contributed by atoms with E-state index in [-0.39, 0.29) is 11.6 Å². The number of thioether (sulfide) groups is 1. The molecule has 0 bridgehead atoms. The Labute approximate surface area is 187 Å². The number of hydrogen-bond donors (Lipinski definition) is 2. The van der Waals surface area contributed by atoms with E-state index >= 15 is 0 Å². The zero-order valence-corrected chi connectivity index (χ0v) is 19.2. The minimum atomic E-state index is -0.877. The Kier molecular flexibility index (Phi) is 9.55. The van der Waals surface area contributed by atoms with Crippen molar-refractivity contribution in [3.63, 3.8) is 0 Å². The van der Waals surface area contributed by atoms with Crippen LogP contribution in [-0.4, -0.2) is 36.2 Å². The zero-order chi connectivity index (χ0) is 21.4. The van der Waals surface area contributed by atoms with E-state index in [9.17, 15) is 14.3 Å². The number of benzene rings is 2. The monoisotopic (exact) mass is 505 g/mol. The number of carboxylic acids is 1. The molecule has 2 N–H and O–H groups in total. The highest BCUT2D eigenvalue weighted by atomic mass is 79.9. The molecule has 0 amide bonds. The van der Waals surface area contributed by atoms with Crippen LogP contribution >= 0.6 is 39.3 Å². The Morgan fingerprint density at radius 3 is 2.69 bits per heavy atom. The molecule has 0 fully saturated rings. The fraction of sp³-hybridized carbons (Fsp3) is 0.350. The van der Waals surface area contributed by atoms with E-state index in [0.29, 0.717) is 30.0 Å². The summed E-state index contributed by atoms with van der Waals surface area (Å²) in [6.07, 6.45) is 2.48. The van der Waals surface area contributed by atoms with Crippen molar-refractivity contribution in [2.24, 2.45) is 0 Å². The predicted molar refractivity (Wildman–Crippen MR) is 118 cm³/mol. The summed E-state index contributed by atoms with van der Waals surface area (Å²) in [5.41, 5.74) is 1.49. The summed E-state index contributed by atoms with van der Waals surface area (Å²) < 4.78 is 25.1. The maximum absolute atomic E-state index is 13.2. The Hall–Kier alpha value is -1.48. The van der Waals surface area contributed by atoms with Crippen LogP contribution in [0.25, 0.3) is 0 Å². The lowest BCUT2D eigenvalue weighted by Gasteiger charge is -2.17. The van der Waals surface area contributed by atoms with Crippen LogP contribution in [-0.2, 0) is 17.9 Å². The first kappa shape index (κ1) is 23.8. The first-order valence-corrected chi connectivity index (χ1v) is 11.3. The highest BCUT2D eigenvalue weighted by molar-refractivity contribution is 9.10. The number of carboxylic acid groups (broad SMARTS) is 1. The zero-order valence-electron chi connectivity index (χ0n) is 16.0. The third-order valence-corrected chi connectivity index (χ3v) is 5.91. The van der Waals surface area contributed by atoms with Gasteiger partial charge in [0.2, 0.25) is 0 Å². The molecular weight excluding hydrogens is 485 g/mol. The molecule has 0 saturated carbocycles. The summed E-state index contributed by atoms with van der Waals surface area (Å²) in [7, 11) is 1.52. The molecule has 158 valence electrons. The summed E-state index contributed by atoms with van der Waals surface area (Å²) in [6.45, 7) is 0.502. The molecule has 0 heterocycles. The van der Waals surface area contributed by atoms with Crippen LogP contribution in [0, 0.1) is 5.82 Å². The molecule has 2 rings (SSSR count). The lowest BCUT2D eigenvalue weighted by atomic mass is 10.1. The van der Waals surface area contributed by atoms with Gasteiger partial charge in [-0.15, -0.1) is 0 Å². The van der Waals surface area contributed by atoms with Gasteiger partial charge in [0, 0.05) is 16.6 Å². The first-order valence-electron chi connectivity index (χ1n) is 8.74. The van der Waals surface area contributed by atoms with Crippen LogP contribution in [0.2, 0.25) is 5.02 Å². The normalized spacial score (nSPS) is 11.9. The van der Waals surface area contributed by atoms with Crippen LogP contribution in [0.5, 0.6) is 11.5 Å². The van der Waals surface area contributed by atoms with Crippen LogP contribution in [0.3, 0.4) is 0 Å². The fourth-order valence-corrected chi connectivity index (χ4v) is 3.72. The van der Waals surface area contributed by atoms with Gasteiger partial charge in [0.1, 0.15) is 18.5 Å². The summed E-state index contributed by atoms with van der Waals surface area (Å²) in [6, 6.07) is 7.03. The van der Waals surface area contributed by atoms with Crippen molar-refractivity contribution in [1.29, 1.82) is 0 Å². The number of nitrogens with one attached hydrogen (secondary N) is 1. The molecule has 0 aromatic heterocycles. The smallest absolute Gasteiger partial charge is 0.320 e. The van der Waals surface area contributed by atoms with Gasteiger partial charge in [0.05, 0.1) is 12.1 Å². The lowest BCUT2D eigenvalue weighted by molar-refractivity contribution is -0.139. The van der Waals surface area contributed by atoms with Crippen molar-refractivity contribution in [1.82, 2.24) is 5.32 Å². The highest BCUT2D eigenvalue weighted by Crippen LogP contribution is 2.34. The molecule has 0 aliphatic rings. The van der Waals surface area contributed by atoms with Crippen molar-refractivity contribution in [2.45, 2.75) is 25.6 Å². The summed E-state index contributed by atoms with van der Waals surface area (Å²) in [5.74, 6) is 0.457. The molecule has 0 spiro atoms. The molecule has 9 heteroatoms. The van der Waals surface area contributed by atoms with Crippen molar-refractivity contribution in [3.8, 4) is 11.5 Å². The number of halogens is 3. The third-order valence-electron chi connectivity index (χ3n) is 4.18. The van der Waals surface area contributed by atoms with Gasteiger partial charge in [-0.3, -0.25) is 4.79 Å². The maximum atomic E-state index is 13.2. The molecule has 2 aromatic rings. The van der Waals surface area contributed by atoms with E-state index in [1.807, 2.05) is 6.26 Å². The van der Waals surface area contributed by atoms with Crippen molar-refractivity contribution in [3.05, 3.63) is 56.8 Å². The van der Waals surface area contributed by atoms with E-state index in [4.69, 9.17) is 21.1 Å². The standard InChI is InChI=1S/C20H22BrClFNO4S/c1-27-18-7-13(10-24-17(20(25)26)5-6-29-2)15(21)9-19(18)28-11-12-3-4-14(23)8-16(12)22/h3-4,7-9,17,24H,5-6,10-11H2,1-2H3,(H,25,26). The SMILES string of the molecule is COc1cc(CNC(CCSC)C(=O)O)c(Br)cc1OCc1ccc(F)cc1Cl. The van der Waals surface area contributed by atoms with Crippen LogP contribution in [0.15, 0.2) is 34.8 Å².